The van der Waals surface area contributed by atoms with Gasteiger partial charge in [-0.05, 0) is 52.3 Å². The highest BCUT2D eigenvalue weighted by molar-refractivity contribution is 9.11. The van der Waals surface area contributed by atoms with Gasteiger partial charge in [0.15, 0.2) is 0 Å². The van der Waals surface area contributed by atoms with Crippen LogP contribution in [0, 0.1) is 0 Å². The number of aromatic nitrogens is 2. The van der Waals surface area contributed by atoms with Gasteiger partial charge in [0.1, 0.15) is 5.82 Å². The van der Waals surface area contributed by atoms with E-state index in [-0.39, 0.29) is 0 Å². The number of H-pyrrole nitrogens is 1. The van der Waals surface area contributed by atoms with Crippen LogP contribution in [0.5, 0.6) is 0 Å². The van der Waals surface area contributed by atoms with Crippen molar-refractivity contribution in [2.75, 3.05) is 0 Å². The molecule has 0 fully saturated rings. The standard InChI is InChI=1S/C13H7Br3N2/c14-7-1-3-9(10(16)5-7)13-17-11-4-2-8(15)6-12(11)18-13/h1-6H,(H,17,18). The maximum atomic E-state index is 4.59. The average Bonchev–Trinajstić information content (AvgIpc) is 2.71. The maximum absolute atomic E-state index is 4.59. The molecule has 0 aliphatic rings. The first-order valence-corrected chi connectivity index (χ1v) is 7.62. The Hall–Kier alpha value is -0.650. The summed E-state index contributed by atoms with van der Waals surface area (Å²) in [4.78, 5) is 7.92. The predicted octanol–water partition coefficient (Wildman–Crippen LogP) is 5.52. The number of nitrogens with one attached hydrogen (secondary N) is 1. The molecule has 0 unspecified atom stereocenters. The monoisotopic (exact) mass is 428 g/mol. The van der Waals surface area contributed by atoms with Crippen LogP contribution in [0.15, 0.2) is 49.8 Å². The van der Waals surface area contributed by atoms with Crippen molar-refractivity contribution < 1.29 is 0 Å². The van der Waals surface area contributed by atoms with Crippen molar-refractivity contribution in [2.24, 2.45) is 0 Å². The van der Waals surface area contributed by atoms with Gasteiger partial charge in [-0.1, -0.05) is 31.9 Å². The molecule has 0 saturated carbocycles. The van der Waals surface area contributed by atoms with Gasteiger partial charge in [0, 0.05) is 19.0 Å². The SMILES string of the molecule is Brc1ccc(-c2nc3ccc(Br)cc3[nH]2)c(Br)c1. The summed E-state index contributed by atoms with van der Waals surface area (Å²) < 4.78 is 3.09. The zero-order chi connectivity index (χ0) is 12.7. The molecule has 0 amide bonds. The molecule has 0 saturated heterocycles. The van der Waals surface area contributed by atoms with E-state index >= 15 is 0 Å². The van der Waals surface area contributed by atoms with Crippen LogP contribution in [0.4, 0.5) is 0 Å². The van der Waals surface area contributed by atoms with E-state index in [0.29, 0.717) is 0 Å². The summed E-state index contributed by atoms with van der Waals surface area (Å²) in [6.45, 7) is 0. The summed E-state index contributed by atoms with van der Waals surface area (Å²) in [5.41, 5.74) is 3.03. The number of hydrogen-bond donors (Lipinski definition) is 1. The summed E-state index contributed by atoms with van der Waals surface area (Å²) in [5.74, 6) is 0.863. The van der Waals surface area contributed by atoms with Crippen LogP contribution >= 0.6 is 47.8 Å². The highest BCUT2D eigenvalue weighted by Crippen LogP contribution is 2.30. The normalized spacial score (nSPS) is 11.1. The first-order valence-electron chi connectivity index (χ1n) is 5.24. The Morgan fingerprint density at radius 2 is 1.61 bits per heavy atom. The van der Waals surface area contributed by atoms with Crippen LogP contribution in [0.2, 0.25) is 0 Å². The molecule has 2 aromatic carbocycles. The fourth-order valence-corrected chi connectivity index (χ4v) is 3.39. The molecular weight excluding hydrogens is 424 g/mol. The number of hydrogen-bond acceptors (Lipinski definition) is 1. The molecule has 1 heterocycles. The van der Waals surface area contributed by atoms with Crippen molar-refractivity contribution in [3.63, 3.8) is 0 Å². The predicted molar refractivity (Wildman–Crippen MR) is 84.6 cm³/mol. The van der Waals surface area contributed by atoms with E-state index in [2.05, 4.69) is 57.8 Å². The molecule has 0 spiro atoms. The topological polar surface area (TPSA) is 28.7 Å². The van der Waals surface area contributed by atoms with Gasteiger partial charge < -0.3 is 4.98 Å². The Kier molecular flexibility index (Phi) is 3.30. The average molecular weight is 431 g/mol. The van der Waals surface area contributed by atoms with E-state index in [9.17, 15) is 0 Å². The third-order valence-electron chi connectivity index (χ3n) is 2.63. The largest absolute Gasteiger partial charge is 0.338 e. The van der Waals surface area contributed by atoms with E-state index in [0.717, 1.165) is 35.8 Å². The van der Waals surface area contributed by atoms with E-state index in [1.54, 1.807) is 0 Å². The van der Waals surface area contributed by atoms with E-state index in [4.69, 9.17) is 0 Å². The summed E-state index contributed by atoms with van der Waals surface area (Å²) >= 11 is 10.5. The second-order valence-electron chi connectivity index (χ2n) is 3.87. The van der Waals surface area contributed by atoms with Gasteiger partial charge in [-0.3, -0.25) is 0 Å². The number of halogens is 3. The molecule has 0 aliphatic carbocycles. The number of aromatic amines is 1. The molecule has 5 heteroatoms. The van der Waals surface area contributed by atoms with Gasteiger partial charge in [-0.25, -0.2) is 4.98 Å². The quantitative estimate of drug-likeness (QED) is 0.541. The first kappa shape index (κ1) is 12.4. The lowest BCUT2D eigenvalue weighted by Gasteiger charge is -2.00. The maximum Gasteiger partial charge on any atom is 0.139 e. The third kappa shape index (κ3) is 2.27. The summed E-state index contributed by atoms with van der Waals surface area (Å²) in [7, 11) is 0. The number of imidazole rings is 1. The van der Waals surface area contributed by atoms with Gasteiger partial charge in [-0.2, -0.15) is 0 Å². The van der Waals surface area contributed by atoms with E-state index in [1.807, 2.05) is 36.4 Å². The van der Waals surface area contributed by atoms with Gasteiger partial charge in [0.25, 0.3) is 0 Å². The molecule has 0 bridgehead atoms. The minimum Gasteiger partial charge on any atom is -0.338 e. The zero-order valence-electron chi connectivity index (χ0n) is 9.05. The van der Waals surface area contributed by atoms with Crippen LogP contribution in [0.25, 0.3) is 22.4 Å². The minimum atomic E-state index is 0.863. The number of benzene rings is 2. The Balaban J connectivity index is 2.19. The lowest BCUT2D eigenvalue weighted by Crippen LogP contribution is -1.82. The summed E-state index contributed by atoms with van der Waals surface area (Å²) in [6, 6.07) is 12.1. The van der Waals surface area contributed by atoms with Gasteiger partial charge in [0.2, 0.25) is 0 Å². The Morgan fingerprint density at radius 3 is 2.39 bits per heavy atom. The molecule has 0 aliphatic heterocycles. The first-order chi connectivity index (χ1) is 8.63. The molecule has 0 atom stereocenters. The number of fused-ring (bicyclic) bond motifs is 1. The van der Waals surface area contributed by atoms with Crippen LogP contribution in [-0.2, 0) is 0 Å². The Morgan fingerprint density at radius 1 is 0.889 bits per heavy atom. The second kappa shape index (κ2) is 4.79. The molecule has 1 N–H and O–H groups in total. The molecule has 1 aromatic heterocycles. The molecule has 0 radical (unpaired) electrons. The number of rotatable bonds is 1. The lowest BCUT2D eigenvalue weighted by atomic mass is 10.2. The van der Waals surface area contributed by atoms with Crippen LogP contribution < -0.4 is 0 Å². The van der Waals surface area contributed by atoms with Crippen molar-refractivity contribution in [1.82, 2.24) is 9.97 Å². The van der Waals surface area contributed by atoms with Crippen molar-refractivity contribution >= 4 is 58.8 Å². The fourth-order valence-electron chi connectivity index (χ4n) is 1.79. The third-order valence-corrected chi connectivity index (χ3v) is 4.27. The smallest absolute Gasteiger partial charge is 0.139 e. The van der Waals surface area contributed by atoms with Crippen molar-refractivity contribution in [2.45, 2.75) is 0 Å². The van der Waals surface area contributed by atoms with E-state index < -0.39 is 0 Å². The van der Waals surface area contributed by atoms with Crippen LogP contribution in [0.3, 0.4) is 0 Å². The molecule has 3 rings (SSSR count). The molecule has 18 heavy (non-hydrogen) atoms. The summed E-state index contributed by atoms with van der Waals surface area (Å²) in [6.07, 6.45) is 0. The Labute approximate surface area is 129 Å². The van der Waals surface area contributed by atoms with Gasteiger partial charge in [-0.15, -0.1) is 0 Å². The highest BCUT2D eigenvalue weighted by Gasteiger charge is 2.09. The summed E-state index contributed by atoms with van der Waals surface area (Å²) in [5, 5.41) is 0. The zero-order valence-corrected chi connectivity index (χ0v) is 13.8. The number of nitrogens with zero attached hydrogens (tertiary/aromatic N) is 1. The molecule has 90 valence electrons. The van der Waals surface area contributed by atoms with Crippen LogP contribution in [0.1, 0.15) is 0 Å². The van der Waals surface area contributed by atoms with Gasteiger partial charge >= 0.3 is 0 Å². The fraction of sp³-hybridized carbons (Fsp3) is 0. The van der Waals surface area contributed by atoms with Gasteiger partial charge in [0.05, 0.1) is 11.0 Å². The highest BCUT2D eigenvalue weighted by atomic mass is 79.9. The second-order valence-corrected chi connectivity index (χ2v) is 6.56. The minimum absolute atomic E-state index is 0.863. The van der Waals surface area contributed by atoms with Crippen molar-refractivity contribution in [1.29, 1.82) is 0 Å². The molecule has 2 nitrogen and oxygen atoms in total. The van der Waals surface area contributed by atoms with Crippen molar-refractivity contribution in [3.05, 3.63) is 49.8 Å². The van der Waals surface area contributed by atoms with Crippen molar-refractivity contribution in [3.8, 4) is 11.4 Å². The molecule has 3 aromatic rings. The lowest BCUT2D eigenvalue weighted by molar-refractivity contribution is 1.33. The van der Waals surface area contributed by atoms with E-state index in [1.165, 1.54) is 0 Å². The van der Waals surface area contributed by atoms with Crippen LogP contribution in [-0.4, -0.2) is 9.97 Å². The Bertz CT molecular complexity index is 734. The molecular formula is C13H7Br3N2.